The van der Waals surface area contributed by atoms with Gasteiger partial charge in [0.15, 0.2) is 0 Å². The van der Waals surface area contributed by atoms with Gasteiger partial charge in [0.2, 0.25) is 0 Å². The molecule has 2 aliphatic rings. The van der Waals surface area contributed by atoms with Crippen molar-refractivity contribution >= 4 is 5.97 Å². The molecule has 2 fully saturated rings. The molecule has 1 saturated heterocycles. The average Bonchev–Trinajstić information content (AvgIpc) is 2.97. The predicted octanol–water partition coefficient (Wildman–Crippen LogP) is 2.26. The maximum atomic E-state index is 12.3. The van der Waals surface area contributed by atoms with E-state index < -0.39 is 0 Å². The smallest absolute Gasteiger partial charge is 0.326 e. The summed E-state index contributed by atoms with van der Waals surface area (Å²) in [5.41, 5.74) is 0.684. The number of esters is 1. The Morgan fingerprint density at radius 3 is 3.00 bits per heavy atom. The van der Waals surface area contributed by atoms with E-state index in [9.17, 15) is 4.79 Å². The van der Waals surface area contributed by atoms with Gasteiger partial charge in [0.1, 0.15) is 12.1 Å². The Kier molecular flexibility index (Phi) is 3.08. The zero-order chi connectivity index (χ0) is 12.4. The van der Waals surface area contributed by atoms with Crippen LogP contribution in [-0.4, -0.2) is 18.1 Å². The van der Waals surface area contributed by atoms with Crippen molar-refractivity contribution in [2.24, 2.45) is 5.92 Å². The molecule has 0 radical (unpaired) electrons. The van der Waals surface area contributed by atoms with Crippen molar-refractivity contribution in [2.75, 3.05) is 6.54 Å². The molecule has 1 aromatic carbocycles. The summed E-state index contributed by atoms with van der Waals surface area (Å²) in [6.45, 7) is 1.33. The SMILES string of the molecule is O=C(OCc1ccccc1)C12CCCC1CCN2. The van der Waals surface area contributed by atoms with Crippen molar-refractivity contribution in [1.82, 2.24) is 5.32 Å². The first-order valence-corrected chi connectivity index (χ1v) is 6.77. The van der Waals surface area contributed by atoms with E-state index >= 15 is 0 Å². The molecule has 1 N–H and O–H groups in total. The lowest BCUT2D eigenvalue weighted by molar-refractivity contribution is -0.153. The van der Waals surface area contributed by atoms with E-state index in [4.69, 9.17) is 4.74 Å². The molecule has 3 heteroatoms. The largest absolute Gasteiger partial charge is 0.459 e. The van der Waals surface area contributed by atoms with Gasteiger partial charge >= 0.3 is 5.97 Å². The van der Waals surface area contributed by atoms with Crippen molar-refractivity contribution in [3.8, 4) is 0 Å². The molecule has 0 aromatic heterocycles. The lowest BCUT2D eigenvalue weighted by Crippen LogP contribution is -2.50. The van der Waals surface area contributed by atoms with Gasteiger partial charge in [0.25, 0.3) is 0 Å². The molecule has 1 aliphatic carbocycles. The Morgan fingerprint density at radius 1 is 1.33 bits per heavy atom. The van der Waals surface area contributed by atoms with Gasteiger partial charge in [-0.25, -0.2) is 0 Å². The highest BCUT2D eigenvalue weighted by molar-refractivity contribution is 5.82. The Balaban J connectivity index is 1.65. The number of carbonyl (C=O) groups is 1. The number of ether oxygens (including phenoxy) is 1. The molecule has 1 aromatic rings. The summed E-state index contributed by atoms with van der Waals surface area (Å²) in [6, 6.07) is 9.87. The lowest BCUT2D eigenvalue weighted by Gasteiger charge is -2.27. The molecule has 0 bridgehead atoms. The Bertz CT molecular complexity index is 419. The zero-order valence-corrected chi connectivity index (χ0v) is 10.5. The highest BCUT2D eigenvalue weighted by atomic mass is 16.5. The Hall–Kier alpha value is -1.35. The van der Waals surface area contributed by atoms with Gasteiger partial charge in [-0.2, -0.15) is 0 Å². The number of fused-ring (bicyclic) bond motifs is 1. The number of carbonyl (C=O) groups excluding carboxylic acids is 1. The van der Waals surface area contributed by atoms with Crippen LogP contribution in [0.3, 0.4) is 0 Å². The average molecular weight is 245 g/mol. The predicted molar refractivity (Wildman–Crippen MR) is 68.9 cm³/mol. The summed E-state index contributed by atoms with van der Waals surface area (Å²) < 4.78 is 5.52. The van der Waals surface area contributed by atoms with Crippen LogP contribution in [0.25, 0.3) is 0 Å². The summed E-state index contributed by atoms with van der Waals surface area (Å²) in [5, 5.41) is 3.39. The number of hydrogen-bond acceptors (Lipinski definition) is 3. The fourth-order valence-electron chi connectivity index (χ4n) is 3.36. The summed E-state index contributed by atoms with van der Waals surface area (Å²) in [6.07, 6.45) is 4.34. The number of nitrogens with one attached hydrogen (secondary N) is 1. The minimum absolute atomic E-state index is 0.0497. The molecule has 18 heavy (non-hydrogen) atoms. The van der Waals surface area contributed by atoms with Gasteiger partial charge in [-0.3, -0.25) is 4.79 Å². The van der Waals surface area contributed by atoms with Crippen molar-refractivity contribution in [1.29, 1.82) is 0 Å². The van der Waals surface area contributed by atoms with Crippen LogP contribution in [0, 0.1) is 5.92 Å². The maximum Gasteiger partial charge on any atom is 0.326 e. The lowest BCUT2D eigenvalue weighted by atomic mass is 9.89. The topological polar surface area (TPSA) is 38.3 Å². The molecule has 1 aliphatic heterocycles. The molecular formula is C15H19NO2. The van der Waals surface area contributed by atoms with E-state index in [0.29, 0.717) is 12.5 Å². The fourth-order valence-corrected chi connectivity index (χ4v) is 3.36. The van der Waals surface area contributed by atoms with E-state index in [0.717, 1.165) is 37.8 Å². The summed E-state index contributed by atoms with van der Waals surface area (Å²) >= 11 is 0. The van der Waals surface area contributed by atoms with Gasteiger partial charge in [-0.1, -0.05) is 36.8 Å². The van der Waals surface area contributed by atoms with E-state index in [1.54, 1.807) is 0 Å². The molecule has 3 rings (SSSR count). The normalized spacial score (nSPS) is 30.1. The second-order valence-electron chi connectivity index (χ2n) is 5.34. The minimum atomic E-state index is -0.366. The first-order valence-electron chi connectivity index (χ1n) is 6.77. The quantitative estimate of drug-likeness (QED) is 0.830. The van der Waals surface area contributed by atoms with E-state index in [-0.39, 0.29) is 11.5 Å². The number of hydrogen-bond donors (Lipinski definition) is 1. The van der Waals surface area contributed by atoms with Crippen LogP contribution in [0.1, 0.15) is 31.2 Å². The highest BCUT2D eigenvalue weighted by Gasteiger charge is 2.52. The molecule has 1 heterocycles. The van der Waals surface area contributed by atoms with Crippen LogP contribution in [0.2, 0.25) is 0 Å². The van der Waals surface area contributed by atoms with Gasteiger partial charge < -0.3 is 10.1 Å². The number of rotatable bonds is 3. The highest BCUT2D eigenvalue weighted by Crippen LogP contribution is 2.42. The number of benzene rings is 1. The van der Waals surface area contributed by atoms with E-state index in [2.05, 4.69) is 5.32 Å². The van der Waals surface area contributed by atoms with Gasteiger partial charge in [-0.05, 0) is 37.3 Å². The minimum Gasteiger partial charge on any atom is -0.459 e. The second kappa shape index (κ2) is 4.73. The molecule has 2 atom stereocenters. The molecule has 2 unspecified atom stereocenters. The third-order valence-electron chi connectivity index (χ3n) is 4.33. The van der Waals surface area contributed by atoms with Crippen LogP contribution in [0.4, 0.5) is 0 Å². The van der Waals surface area contributed by atoms with Crippen LogP contribution in [-0.2, 0) is 16.1 Å². The van der Waals surface area contributed by atoms with Crippen LogP contribution >= 0.6 is 0 Å². The first-order chi connectivity index (χ1) is 8.81. The van der Waals surface area contributed by atoms with Crippen LogP contribution in [0.5, 0.6) is 0 Å². The molecule has 3 nitrogen and oxygen atoms in total. The van der Waals surface area contributed by atoms with Gasteiger partial charge in [-0.15, -0.1) is 0 Å². The van der Waals surface area contributed by atoms with Crippen molar-refractivity contribution in [3.05, 3.63) is 35.9 Å². The molecule has 1 saturated carbocycles. The molecule has 0 spiro atoms. The standard InChI is InChI=1S/C15H19NO2/c17-14(18-11-12-5-2-1-3-6-12)15-9-4-7-13(15)8-10-16-15/h1-3,5-6,13,16H,4,7-11H2. The summed E-state index contributed by atoms with van der Waals surface area (Å²) in [7, 11) is 0. The first kappa shape index (κ1) is 11.7. The molecule has 96 valence electrons. The van der Waals surface area contributed by atoms with Crippen LogP contribution < -0.4 is 5.32 Å². The van der Waals surface area contributed by atoms with Gasteiger partial charge in [0.05, 0.1) is 0 Å². The zero-order valence-electron chi connectivity index (χ0n) is 10.5. The second-order valence-corrected chi connectivity index (χ2v) is 5.34. The maximum absolute atomic E-state index is 12.3. The summed E-state index contributed by atoms with van der Waals surface area (Å²) in [4.78, 5) is 12.3. The third kappa shape index (κ3) is 1.93. The Morgan fingerprint density at radius 2 is 2.17 bits per heavy atom. The summed E-state index contributed by atoms with van der Waals surface area (Å²) in [5.74, 6) is 0.437. The molecular weight excluding hydrogens is 226 g/mol. The van der Waals surface area contributed by atoms with Gasteiger partial charge in [0, 0.05) is 0 Å². The monoisotopic (exact) mass is 245 g/mol. The van der Waals surface area contributed by atoms with Crippen molar-refractivity contribution in [3.63, 3.8) is 0 Å². The Labute approximate surface area is 108 Å². The van der Waals surface area contributed by atoms with E-state index in [1.807, 2.05) is 30.3 Å². The third-order valence-corrected chi connectivity index (χ3v) is 4.33. The molecule has 0 amide bonds. The van der Waals surface area contributed by atoms with Crippen molar-refractivity contribution in [2.45, 2.75) is 37.8 Å². The van der Waals surface area contributed by atoms with Crippen LogP contribution in [0.15, 0.2) is 30.3 Å². The fraction of sp³-hybridized carbons (Fsp3) is 0.533. The van der Waals surface area contributed by atoms with E-state index in [1.165, 1.54) is 0 Å². The van der Waals surface area contributed by atoms with Crippen molar-refractivity contribution < 1.29 is 9.53 Å².